The first-order valence-corrected chi connectivity index (χ1v) is 4.82. The molecule has 0 aliphatic carbocycles. The molecule has 1 aromatic heterocycles. The zero-order chi connectivity index (χ0) is 11.0. The molecule has 2 N–H and O–H groups in total. The normalized spacial score (nSPS) is 8.36. The van der Waals surface area contributed by atoms with Gasteiger partial charge in [0.25, 0.3) is 0 Å². The summed E-state index contributed by atoms with van der Waals surface area (Å²) in [5.74, 6) is 0. The molecule has 78 valence electrons. The number of aryl methyl sites for hydroxylation is 1. The average Bonchev–Trinajstić information content (AvgIpc) is 2.67. The molecule has 0 aliphatic rings. The second-order valence-corrected chi connectivity index (χ2v) is 2.34. The van der Waals surface area contributed by atoms with Crippen LogP contribution in [-0.4, -0.2) is 16.6 Å². The van der Waals surface area contributed by atoms with E-state index in [1.54, 1.807) is 0 Å². The van der Waals surface area contributed by atoms with Crippen molar-refractivity contribution < 1.29 is 0 Å². The van der Waals surface area contributed by atoms with Crippen LogP contribution in [0, 0.1) is 0 Å². The maximum absolute atomic E-state index is 4.50. The van der Waals surface area contributed by atoms with E-state index in [4.69, 9.17) is 0 Å². The third kappa shape index (κ3) is 2.85. The van der Waals surface area contributed by atoms with E-state index in [1.807, 2.05) is 50.0 Å². The third-order valence-corrected chi connectivity index (χ3v) is 1.63. The fourth-order valence-electron chi connectivity index (χ4n) is 1.08. The minimum absolute atomic E-state index is 1.06. The van der Waals surface area contributed by atoms with E-state index < -0.39 is 0 Å². The number of hydrogen-bond acceptors (Lipinski definition) is 2. The van der Waals surface area contributed by atoms with Crippen LogP contribution in [0.15, 0.2) is 30.6 Å². The summed E-state index contributed by atoms with van der Waals surface area (Å²) in [6, 6.07) is 8.08. The van der Waals surface area contributed by atoms with Crippen molar-refractivity contribution in [1.29, 1.82) is 0 Å². The van der Waals surface area contributed by atoms with Gasteiger partial charge < -0.3 is 10.3 Å². The van der Waals surface area contributed by atoms with Gasteiger partial charge in [-0.05, 0) is 19.2 Å². The molecule has 0 saturated carbocycles. The molecule has 1 heterocycles. The quantitative estimate of drug-likeness (QED) is 0.697. The molecule has 0 spiro atoms. The predicted molar refractivity (Wildman–Crippen MR) is 62.2 cm³/mol. The summed E-state index contributed by atoms with van der Waals surface area (Å²) in [4.78, 5) is 4.18. The highest BCUT2D eigenvalue weighted by Crippen LogP contribution is 2.08. The van der Waals surface area contributed by atoms with Crippen molar-refractivity contribution in [3.63, 3.8) is 0 Å². The standard InChI is InChI=1S/C8H8N2.C2H6.CH5N/c1-10-6-9-7-4-2-3-5-8(7)10;2*1-2/h2-6H,1H3;1-2H3;2H2,1H3. The van der Waals surface area contributed by atoms with Gasteiger partial charge in [-0.2, -0.15) is 0 Å². The molecule has 3 nitrogen and oxygen atoms in total. The van der Waals surface area contributed by atoms with E-state index in [0.717, 1.165) is 5.52 Å². The topological polar surface area (TPSA) is 43.8 Å². The Morgan fingerprint density at radius 1 is 1.14 bits per heavy atom. The molecule has 2 aromatic rings. The van der Waals surface area contributed by atoms with Crippen molar-refractivity contribution in [2.45, 2.75) is 13.8 Å². The molecular weight excluding hydrogens is 174 g/mol. The van der Waals surface area contributed by atoms with Crippen molar-refractivity contribution in [3.05, 3.63) is 30.6 Å². The molecule has 0 bridgehead atoms. The smallest absolute Gasteiger partial charge is 0.0955 e. The highest BCUT2D eigenvalue weighted by Gasteiger charge is 1.93. The van der Waals surface area contributed by atoms with E-state index >= 15 is 0 Å². The van der Waals surface area contributed by atoms with Gasteiger partial charge in [0.1, 0.15) is 0 Å². The Hall–Kier alpha value is -1.35. The molecule has 0 unspecified atom stereocenters. The van der Waals surface area contributed by atoms with Crippen molar-refractivity contribution in [2.75, 3.05) is 7.05 Å². The van der Waals surface area contributed by atoms with E-state index in [-0.39, 0.29) is 0 Å². The lowest BCUT2D eigenvalue weighted by molar-refractivity contribution is 0.948. The van der Waals surface area contributed by atoms with Crippen molar-refractivity contribution in [2.24, 2.45) is 12.8 Å². The first-order valence-electron chi connectivity index (χ1n) is 4.82. The van der Waals surface area contributed by atoms with Crippen LogP contribution >= 0.6 is 0 Å². The first kappa shape index (κ1) is 12.7. The number of benzene rings is 1. The van der Waals surface area contributed by atoms with Crippen molar-refractivity contribution in [1.82, 2.24) is 9.55 Å². The van der Waals surface area contributed by atoms with Crippen LogP contribution in [0.2, 0.25) is 0 Å². The van der Waals surface area contributed by atoms with Crippen molar-refractivity contribution >= 4 is 11.0 Å². The second-order valence-electron chi connectivity index (χ2n) is 2.34. The lowest BCUT2D eigenvalue weighted by atomic mass is 10.3. The van der Waals surface area contributed by atoms with Crippen LogP contribution in [-0.2, 0) is 7.05 Å². The fourth-order valence-corrected chi connectivity index (χ4v) is 1.08. The third-order valence-electron chi connectivity index (χ3n) is 1.63. The SMILES string of the molecule is CC.CN.Cn1cnc2ccccc21. The summed E-state index contributed by atoms with van der Waals surface area (Å²) in [6.07, 6.45) is 1.82. The van der Waals surface area contributed by atoms with Crippen LogP contribution in [0.1, 0.15) is 13.8 Å². The number of nitrogens with zero attached hydrogens (tertiary/aromatic N) is 2. The summed E-state index contributed by atoms with van der Waals surface area (Å²) in [6.45, 7) is 4.00. The van der Waals surface area contributed by atoms with Crippen LogP contribution in [0.4, 0.5) is 0 Å². The van der Waals surface area contributed by atoms with Crippen molar-refractivity contribution in [3.8, 4) is 0 Å². The largest absolute Gasteiger partial charge is 0.334 e. The van der Waals surface area contributed by atoms with Crippen LogP contribution < -0.4 is 5.73 Å². The Labute approximate surface area is 85.6 Å². The molecule has 1 aromatic carbocycles. The molecule has 2 rings (SSSR count). The van der Waals surface area contributed by atoms with Gasteiger partial charge in [0, 0.05) is 7.05 Å². The van der Waals surface area contributed by atoms with Crippen LogP contribution in [0.25, 0.3) is 11.0 Å². The maximum Gasteiger partial charge on any atom is 0.0955 e. The Morgan fingerprint density at radius 2 is 1.71 bits per heavy atom. The fraction of sp³-hybridized carbons (Fsp3) is 0.364. The van der Waals surface area contributed by atoms with Gasteiger partial charge in [0.15, 0.2) is 0 Å². The van der Waals surface area contributed by atoms with Gasteiger partial charge in [-0.15, -0.1) is 0 Å². The van der Waals surface area contributed by atoms with E-state index in [0.29, 0.717) is 0 Å². The van der Waals surface area contributed by atoms with Crippen LogP contribution in [0.3, 0.4) is 0 Å². The lowest BCUT2D eigenvalue weighted by Crippen LogP contribution is -1.81. The number of rotatable bonds is 0. The number of imidazole rings is 1. The lowest BCUT2D eigenvalue weighted by Gasteiger charge is -1.90. The van der Waals surface area contributed by atoms with Crippen LogP contribution in [0.5, 0.6) is 0 Å². The van der Waals surface area contributed by atoms with Gasteiger partial charge >= 0.3 is 0 Å². The Kier molecular flexibility index (Phi) is 6.41. The van der Waals surface area contributed by atoms with E-state index in [9.17, 15) is 0 Å². The van der Waals surface area contributed by atoms with Gasteiger partial charge in [-0.1, -0.05) is 26.0 Å². The maximum atomic E-state index is 4.50. The molecule has 0 atom stereocenters. The first-order chi connectivity index (χ1) is 6.88. The van der Waals surface area contributed by atoms with E-state index in [1.165, 1.54) is 12.6 Å². The average molecular weight is 193 g/mol. The summed E-state index contributed by atoms with van der Waals surface area (Å²) < 4.78 is 2.01. The highest BCUT2D eigenvalue weighted by molar-refractivity contribution is 5.74. The molecule has 14 heavy (non-hydrogen) atoms. The summed E-state index contributed by atoms with van der Waals surface area (Å²) in [5, 5.41) is 0. The summed E-state index contributed by atoms with van der Waals surface area (Å²) in [5.41, 5.74) is 6.74. The molecule has 0 amide bonds. The molecule has 0 aliphatic heterocycles. The molecule has 0 saturated heterocycles. The number of fused-ring (bicyclic) bond motifs is 1. The van der Waals surface area contributed by atoms with E-state index in [2.05, 4.69) is 16.8 Å². The molecule has 3 heteroatoms. The molecule has 0 radical (unpaired) electrons. The Bertz CT molecular complexity index is 352. The number of hydrogen-bond donors (Lipinski definition) is 1. The Balaban J connectivity index is 0.000000379. The monoisotopic (exact) mass is 193 g/mol. The van der Waals surface area contributed by atoms with Gasteiger partial charge in [-0.3, -0.25) is 0 Å². The molecule has 0 fully saturated rings. The molecular formula is C11H19N3. The zero-order valence-electron chi connectivity index (χ0n) is 9.36. The number of para-hydroxylation sites is 2. The summed E-state index contributed by atoms with van der Waals surface area (Å²) >= 11 is 0. The van der Waals surface area contributed by atoms with Gasteiger partial charge in [0.05, 0.1) is 17.4 Å². The van der Waals surface area contributed by atoms with Gasteiger partial charge in [0.2, 0.25) is 0 Å². The predicted octanol–water partition coefficient (Wildman–Crippen LogP) is 2.17. The number of nitrogens with two attached hydrogens (primary N) is 1. The zero-order valence-corrected chi connectivity index (χ0v) is 9.36. The summed E-state index contributed by atoms with van der Waals surface area (Å²) in [7, 11) is 3.50. The second kappa shape index (κ2) is 7.09. The Morgan fingerprint density at radius 3 is 2.29 bits per heavy atom. The highest BCUT2D eigenvalue weighted by atomic mass is 15.0. The van der Waals surface area contributed by atoms with Gasteiger partial charge in [-0.25, -0.2) is 4.98 Å². The number of aromatic nitrogens is 2. The minimum atomic E-state index is 1.06. The minimum Gasteiger partial charge on any atom is -0.334 e.